The molecule has 0 aromatic carbocycles. The van der Waals surface area contributed by atoms with Crippen LogP contribution in [0, 0.1) is 0 Å². The monoisotopic (exact) mass is 1050 g/mol. The molecule has 9 unspecified atom stereocenters. The van der Waals surface area contributed by atoms with Gasteiger partial charge in [0.2, 0.25) is 5.91 Å². The number of ether oxygens (including phenoxy) is 2. The van der Waals surface area contributed by atoms with Crippen molar-refractivity contribution in [2.24, 2.45) is 0 Å². The van der Waals surface area contributed by atoms with Crippen LogP contribution in [-0.4, -0.2) is 110 Å². The van der Waals surface area contributed by atoms with Crippen molar-refractivity contribution in [1.29, 1.82) is 0 Å². The Morgan fingerprint density at radius 1 is 0.459 bits per heavy atom. The Balaban J connectivity index is 2.31. The van der Waals surface area contributed by atoms with E-state index in [0.29, 0.717) is 19.3 Å². The Hall–Kier alpha value is -1.67. The summed E-state index contributed by atoms with van der Waals surface area (Å²) >= 11 is 0. The zero-order valence-electron chi connectivity index (χ0n) is 47.8. The van der Waals surface area contributed by atoms with Crippen molar-refractivity contribution in [3.05, 3.63) is 36.5 Å². The summed E-state index contributed by atoms with van der Waals surface area (Å²) in [5, 5.41) is 76.2. The minimum absolute atomic E-state index is 0.243. The van der Waals surface area contributed by atoms with Crippen molar-refractivity contribution in [1.82, 2.24) is 5.32 Å². The van der Waals surface area contributed by atoms with E-state index < -0.39 is 74.2 Å². The molecule has 0 aliphatic carbocycles. The maximum atomic E-state index is 13.2. The Labute approximate surface area is 454 Å². The second-order valence-corrected chi connectivity index (χ2v) is 22.1. The lowest BCUT2D eigenvalue weighted by molar-refractivity contribution is -0.303. The molecule has 436 valence electrons. The van der Waals surface area contributed by atoms with Crippen LogP contribution in [0.5, 0.6) is 0 Å². The highest BCUT2D eigenvalue weighted by molar-refractivity contribution is 5.80. The van der Waals surface area contributed by atoms with Gasteiger partial charge in [0.25, 0.3) is 0 Å². The van der Waals surface area contributed by atoms with Crippen LogP contribution in [0.1, 0.15) is 290 Å². The fraction of sp³-hybridized carbons (Fsp3) is 0.889. The number of carbonyl (C=O) groups is 1. The van der Waals surface area contributed by atoms with E-state index in [-0.39, 0.29) is 12.8 Å². The summed E-state index contributed by atoms with van der Waals surface area (Å²) in [6.07, 6.45) is 53.5. The van der Waals surface area contributed by atoms with Crippen molar-refractivity contribution < 1.29 is 50.0 Å². The number of hydrogen-bond donors (Lipinski definition) is 8. The summed E-state index contributed by atoms with van der Waals surface area (Å²) in [5.74, 6) is -0.708. The number of unbranched alkanes of at least 4 members (excludes halogenated alkanes) is 36. The van der Waals surface area contributed by atoms with Crippen LogP contribution in [0.25, 0.3) is 0 Å². The van der Waals surface area contributed by atoms with Crippen LogP contribution in [-0.2, 0) is 14.3 Å². The summed E-state index contributed by atoms with van der Waals surface area (Å²) in [7, 11) is 0. The lowest BCUT2D eigenvalue weighted by Gasteiger charge is -2.40. The van der Waals surface area contributed by atoms with Crippen molar-refractivity contribution in [2.75, 3.05) is 13.2 Å². The van der Waals surface area contributed by atoms with Crippen molar-refractivity contribution in [3.8, 4) is 0 Å². The third-order valence-corrected chi connectivity index (χ3v) is 15.2. The highest BCUT2D eigenvalue weighted by Crippen LogP contribution is 2.23. The molecule has 1 heterocycles. The molecule has 11 heteroatoms. The van der Waals surface area contributed by atoms with Gasteiger partial charge in [-0.05, 0) is 64.2 Å². The topological polar surface area (TPSA) is 189 Å². The second-order valence-electron chi connectivity index (χ2n) is 22.1. The molecule has 8 N–H and O–H groups in total. The molecule has 0 bridgehead atoms. The number of carbonyl (C=O) groups excluding carboxylic acids is 1. The quantitative estimate of drug-likeness (QED) is 0.0215. The van der Waals surface area contributed by atoms with Gasteiger partial charge in [-0.25, -0.2) is 0 Å². The first-order valence-corrected chi connectivity index (χ1v) is 31.4. The van der Waals surface area contributed by atoms with Crippen LogP contribution in [0.15, 0.2) is 36.5 Å². The predicted molar refractivity (Wildman–Crippen MR) is 307 cm³/mol. The predicted octanol–water partition coefficient (Wildman–Crippen LogP) is 13.9. The zero-order chi connectivity index (χ0) is 54.0. The first kappa shape index (κ1) is 70.3. The Kier molecular flexibility index (Phi) is 49.5. The van der Waals surface area contributed by atoms with Crippen LogP contribution in [0.4, 0.5) is 0 Å². The van der Waals surface area contributed by atoms with E-state index in [1.807, 2.05) is 0 Å². The van der Waals surface area contributed by atoms with Crippen molar-refractivity contribution >= 4 is 5.91 Å². The average Bonchev–Trinajstić information content (AvgIpc) is 3.40. The molecule has 0 saturated carbocycles. The summed E-state index contributed by atoms with van der Waals surface area (Å²) in [6, 6.07) is -1.19. The lowest BCUT2D eigenvalue weighted by Crippen LogP contribution is -2.60. The normalized spacial score (nSPS) is 20.0. The molecule has 1 rings (SSSR count). The molecular weight excluding hydrogens is 931 g/mol. The maximum absolute atomic E-state index is 13.2. The standard InChI is InChI=1S/C63H119NO10/c1-3-5-7-9-11-13-15-17-19-21-23-25-27-28-29-31-32-34-36-38-40-42-44-46-48-50-55(66)58(68)54(53-73-63-61(71)60(70)59(69)57(52-65)74-63)64-62(72)56(67)51-49-47-45-43-41-39-37-35-33-30-26-24-22-20-18-16-14-12-10-8-6-4-2/h28-29,34,36,42,44,54-61,63,65-71H,3-27,30-33,35,37-41,43,45-53H2,1-2H3,(H,64,72)/b29-28+,36-34+,44-42+. The van der Waals surface area contributed by atoms with Gasteiger partial charge >= 0.3 is 0 Å². The molecule has 0 radical (unpaired) electrons. The minimum Gasteiger partial charge on any atom is -0.394 e. The molecule has 1 aliphatic heterocycles. The molecule has 1 amide bonds. The number of aliphatic hydroxyl groups excluding tert-OH is 7. The Bertz CT molecular complexity index is 1300. The molecule has 1 fully saturated rings. The lowest BCUT2D eigenvalue weighted by atomic mass is 9.98. The molecule has 74 heavy (non-hydrogen) atoms. The fourth-order valence-electron chi connectivity index (χ4n) is 10.1. The summed E-state index contributed by atoms with van der Waals surface area (Å²) in [4.78, 5) is 13.2. The molecule has 11 nitrogen and oxygen atoms in total. The van der Waals surface area contributed by atoms with Crippen LogP contribution < -0.4 is 5.32 Å². The number of nitrogens with one attached hydrogen (secondary N) is 1. The third-order valence-electron chi connectivity index (χ3n) is 15.2. The van der Waals surface area contributed by atoms with Gasteiger partial charge in [0.05, 0.1) is 25.4 Å². The number of rotatable bonds is 54. The van der Waals surface area contributed by atoms with Gasteiger partial charge in [0, 0.05) is 0 Å². The SMILES string of the molecule is CCCCCCCCCCCCCC/C=C/CC/C=C/CC/C=C/CCCC(O)C(O)C(COC1OC(CO)C(O)C(O)C1O)NC(=O)C(O)CCCCCCCCCCCCCCCCCCCCCCCC. The van der Waals surface area contributed by atoms with Gasteiger partial charge in [-0.15, -0.1) is 0 Å². The highest BCUT2D eigenvalue weighted by Gasteiger charge is 2.44. The molecule has 0 aromatic heterocycles. The van der Waals surface area contributed by atoms with Crippen LogP contribution >= 0.6 is 0 Å². The van der Waals surface area contributed by atoms with Crippen LogP contribution in [0.3, 0.4) is 0 Å². The molecule has 0 aromatic rings. The van der Waals surface area contributed by atoms with E-state index in [1.165, 1.54) is 199 Å². The largest absolute Gasteiger partial charge is 0.394 e. The Morgan fingerprint density at radius 2 is 0.811 bits per heavy atom. The number of aliphatic hydroxyl groups is 7. The second kappa shape index (κ2) is 52.1. The average molecular weight is 1050 g/mol. The smallest absolute Gasteiger partial charge is 0.249 e. The summed E-state index contributed by atoms with van der Waals surface area (Å²) in [6.45, 7) is 3.47. The van der Waals surface area contributed by atoms with E-state index in [2.05, 4.69) is 55.6 Å². The molecule has 9 atom stereocenters. The highest BCUT2D eigenvalue weighted by atomic mass is 16.7. The number of hydrogen-bond acceptors (Lipinski definition) is 10. The van der Waals surface area contributed by atoms with Gasteiger partial charge in [-0.3, -0.25) is 4.79 Å². The van der Waals surface area contributed by atoms with E-state index in [9.17, 15) is 40.5 Å². The fourth-order valence-corrected chi connectivity index (χ4v) is 10.1. The molecule has 0 spiro atoms. The first-order chi connectivity index (χ1) is 36.2. The summed E-state index contributed by atoms with van der Waals surface area (Å²) < 4.78 is 11.1. The van der Waals surface area contributed by atoms with Gasteiger partial charge in [-0.1, -0.05) is 262 Å². The van der Waals surface area contributed by atoms with Gasteiger partial charge < -0.3 is 50.5 Å². The van der Waals surface area contributed by atoms with Gasteiger partial charge in [-0.2, -0.15) is 0 Å². The Morgan fingerprint density at radius 3 is 1.20 bits per heavy atom. The minimum atomic E-state index is -1.67. The van der Waals surface area contributed by atoms with Crippen molar-refractivity contribution in [3.63, 3.8) is 0 Å². The number of allylic oxidation sites excluding steroid dienone is 6. The van der Waals surface area contributed by atoms with E-state index in [0.717, 1.165) is 44.9 Å². The first-order valence-electron chi connectivity index (χ1n) is 31.4. The van der Waals surface area contributed by atoms with E-state index in [1.54, 1.807) is 0 Å². The maximum Gasteiger partial charge on any atom is 0.249 e. The third kappa shape index (κ3) is 39.7. The van der Waals surface area contributed by atoms with Gasteiger partial charge in [0.15, 0.2) is 6.29 Å². The van der Waals surface area contributed by atoms with Crippen molar-refractivity contribution in [2.45, 2.75) is 345 Å². The molecule has 1 aliphatic rings. The molecular formula is C63H119NO10. The molecule has 1 saturated heterocycles. The van der Waals surface area contributed by atoms with Gasteiger partial charge in [0.1, 0.15) is 36.6 Å². The van der Waals surface area contributed by atoms with E-state index >= 15 is 0 Å². The van der Waals surface area contributed by atoms with E-state index in [4.69, 9.17) is 9.47 Å². The number of amides is 1. The summed E-state index contributed by atoms with van der Waals surface area (Å²) in [5.41, 5.74) is 0. The zero-order valence-corrected chi connectivity index (χ0v) is 47.8. The van der Waals surface area contributed by atoms with Crippen LogP contribution in [0.2, 0.25) is 0 Å².